The highest BCUT2D eigenvalue weighted by Crippen LogP contribution is 2.26. The molecule has 2 rings (SSSR count). The molecular formula is C14H11F3N2O3. The fraction of sp³-hybridized carbons (Fsp3) is 0.143. The highest BCUT2D eigenvalue weighted by Gasteiger charge is 2.14. The number of alkyl halides is 2. The van der Waals surface area contributed by atoms with Crippen molar-refractivity contribution in [3.05, 3.63) is 64.0 Å². The summed E-state index contributed by atoms with van der Waals surface area (Å²) in [4.78, 5) is 10.1. The summed E-state index contributed by atoms with van der Waals surface area (Å²) in [5.41, 5.74) is 0.309. The van der Waals surface area contributed by atoms with Gasteiger partial charge in [0, 0.05) is 6.54 Å². The number of benzene rings is 2. The summed E-state index contributed by atoms with van der Waals surface area (Å²) < 4.78 is 41.6. The third-order valence-electron chi connectivity index (χ3n) is 2.76. The number of ether oxygens (including phenoxy) is 1. The summed E-state index contributed by atoms with van der Waals surface area (Å²) in [5.74, 6) is -0.729. The largest absolute Gasteiger partial charge is 0.435 e. The molecule has 0 heterocycles. The summed E-state index contributed by atoms with van der Waals surface area (Å²) in [7, 11) is 0. The van der Waals surface area contributed by atoms with Gasteiger partial charge >= 0.3 is 6.61 Å². The number of hydrogen-bond acceptors (Lipinski definition) is 4. The smallest absolute Gasteiger partial charge is 0.387 e. The highest BCUT2D eigenvalue weighted by atomic mass is 19.3. The molecule has 0 aromatic heterocycles. The third-order valence-corrected chi connectivity index (χ3v) is 2.76. The number of nitrogens with zero attached hydrogens (tertiary/aromatic N) is 1. The van der Waals surface area contributed by atoms with Gasteiger partial charge in [0.05, 0.1) is 11.0 Å². The first-order valence-corrected chi connectivity index (χ1v) is 6.17. The van der Waals surface area contributed by atoms with Crippen molar-refractivity contribution in [2.45, 2.75) is 13.2 Å². The number of hydrogen-bond donors (Lipinski definition) is 1. The topological polar surface area (TPSA) is 64.4 Å². The fourth-order valence-electron chi connectivity index (χ4n) is 1.83. The Kier molecular flexibility index (Phi) is 4.82. The van der Waals surface area contributed by atoms with Crippen molar-refractivity contribution in [3.63, 3.8) is 0 Å². The third kappa shape index (κ3) is 4.11. The summed E-state index contributed by atoms with van der Waals surface area (Å²) >= 11 is 0. The minimum absolute atomic E-state index is 0.0112. The van der Waals surface area contributed by atoms with Crippen LogP contribution in [0, 0.1) is 15.9 Å². The lowest BCUT2D eigenvalue weighted by Crippen LogP contribution is -2.05. The van der Waals surface area contributed by atoms with Crippen LogP contribution >= 0.6 is 0 Å². The van der Waals surface area contributed by atoms with Crippen LogP contribution in [0.3, 0.4) is 0 Å². The number of anilines is 1. The maximum Gasteiger partial charge on any atom is 0.387 e. The number of rotatable bonds is 6. The standard InChI is InChI=1S/C14H11F3N2O3/c15-10-4-5-12(13(7-10)19(20)21)18-8-9-2-1-3-11(6-9)22-14(16)17/h1-7,14,18H,8H2. The van der Waals surface area contributed by atoms with Crippen LogP contribution in [0.4, 0.5) is 24.5 Å². The van der Waals surface area contributed by atoms with Crippen molar-refractivity contribution in [1.82, 2.24) is 0 Å². The van der Waals surface area contributed by atoms with Crippen LogP contribution in [0.2, 0.25) is 0 Å². The first-order valence-electron chi connectivity index (χ1n) is 6.17. The lowest BCUT2D eigenvalue weighted by Gasteiger charge is -2.09. The van der Waals surface area contributed by atoms with Gasteiger partial charge < -0.3 is 10.1 Å². The molecule has 0 aliphatic carbocycles. The monoisotopic (exact) mass is 312 g/mol. The molecule has 0 saturated heterocycles. The molecule has 8 heteroatoms. The van der Waals surface area contributed by atoms with E-state index in [2.05, 4.69) is 10.1 Å². The quantitative estimate of drug-likeness (QED) is 0.648. The second kappa shape index (κ2) is 6.79. The molecule has 0 bridgehead atoms. The van der Waals surface area contributed by atoms with Crippen molar-refractivity contribution in [3.8, 4) is 5.75 Å². The van der Waals surface area contributed by atoms with Crippen LogP contribution in [0.1, 0.15) is 5.56 Å². The van der Waals surface area contributed by atoms with Gasteiger partial charge in [-0.05, 0) is 29.8 Å². The van der Waals surface area contributed by atoms with Crippen LogP contribution in [-0.4, -0.2) is 11.5 Å². The lowest BCUT2D eigenvalue weighted by atomic mass is 10.2. The maximum absolute atomic E-state index is 13.0. The molecular weight excluding hydrogens is 301 g/mol. The van der Waals surface area contributed by atoms with Crippen molar-refractivity contribution in [2.75, 3.05) is 5.32 Å². The van der Waals surface area contributed by atoms with E-state index in [0.717, 1.165) is 12.1 Å². The Hall–Kier alpha value is -2.77. The van der Waals surface area contributed by atoms with Gasteiger partial charge in [0.2, 0.25) is 0 Å². The molecule has 0 atom stereocenters. The normalized spacial score (nSPS) is 10.5. The Morgan fingerprint density at radius 1 is 1.23 bits per heavy atom. The zero-order chi connectivity index (χ0) is 16.1. The van der Waals surface area contributed by atoms with Crippen LogP contribution in [-0.2, 0) is 6.54 Å². The molecule has 0 fully saturated rings. The summed E-state index contributed by atoms with van der Waals surface area (Å²) in [6.07, 6.45) is 0. The van der Waals surface area contributed by atoms with E-state index in [-0.39, 0.29) is 18.0 Å². The minimum atomic E-state index is -2.93. The van der Waals surface area contributed by atoms with Crippen molar-refractivity contribution >= 4 is 11.4 Å². The van der Waals surface area contributed by atoms with Gasteiger partial charge in [0.1, 0.15) is 17.3 Å². The summed E-state index contributed by atoms with van der Waals surface area (Å²) in [5, 5.41) is 13.6. The van der Waals surface area contributed by atoms with E-state index in [0.29, 0.717) is 5.56 Å². The molecule has 0 spiro atoms. The molecule has 116 valence electrons. The Morgan fingerprint density at radius 2 is 2.00 bits per heavy atom. The van der Waals surface area contributed by atoms with Crippen LogP contribution in [0.15, 0.2) is 42.5 Å². The SMILES string of the molecule is O=[N+]([O-])c1cc(F)ccc1NCc1cccc(OC(F)F)c1. The fourth-order valence-corrected chi connectivity index (χ4v) is 1.83. The number of nitro benzene ring substituents is 1. The first kappa shape index (κ1) is 15.6. The molecule has 1 N–H and O–H groups in total. The maximum atomic E-state index is 13.0. The van der Waals surface area contributed by atoms with Gasteiger partial charge in [-0.2, -0.15) is 8.78 Å². The molecule has 2 aromatic rings. The number of nitrogens with one attached hydrogen (secondary N) is 1. The minimum Gasteiger partial charge on any atom is -0.435 e. The van der Waals surface area contributed by atoms with E-state index in [4.69, 9.17) is 0 Å². The second-order valence-electron chi connectivity index (χ2n) is 4.30. The van der Waals surface area contributed by atoms with E-state index >= 15 is 0 Å². The molecule has 0 aliphatic heterocycles. The molecule has 2 aromatic carbocycles. The van der Waals surface area contributed by atoms with Crippen molar-refractivity contribution in [2.24, 2.45) is 0 Å². The number of nitro groups is 1. The van der Waals surface area contributed by atoms with Crippen molar-refractivity contribution in [1.29, 1.82) is 0 Å². The Balaban J connectivity index is 2.12. The van der Waals surface area contributed by atoms with E-state index in [1.807, 2.05) is 0 Å². The predicted molar refractivity (Wildman–Crippen MR) is 73.5 cm³/mol. The van der Waals surface area contributed by atoms with Gasteiger partial charge in [-0.1, -0.05) is 12.1 Å². The molecule has 0 saturated carbocycles. The van der Waals surface area contributed by atoms with Gasteiger partial charge in [-0.15, -0.1) is 0 Å². The molecule has 0 unspecified atom stereocenters. The molecule has 22 heavy (non-hydrogen) atoms. The lowest BCUT2D eigenvalue weighted by molar-refractivity contribution is -0.384. The van der Waals surface area contributed by atoms with E-state index in [9.17, 15) is 23.3 Å². The molecule has 0 amide bonds. The van der Waals surface area contributed by atoms with Crippen LogP contribution in [0.25, 0.3) is 0 Å². The zero-order valence-corrected chi connectivity index (χ0v) is 11.1. The van der Waals surface area contributed by atoms with Gasteiger partial charge in [0.25, 0.3) is 5.69 Å². The first-order chi connectivity index (χ1) is 10.5. The van der Waals surface area contributed by atoms with Crippen LogP contribution in [0.5, 0.6) is 5.75 Å². The van der Waals surface area contributed by atoms with E-state index in [1.165, 1.54) is 24.3 Å². The van der Waals surface area contributed by atoms with Gasteiger partial charge in [-0.3, -0.25) is 10.1 Å². The summed E-state index contributed by atoms with van der Waals surface area (Å²) in [6.45, 7) is -2.80. The molecule has 0 radical (unpaired) electrons. The van der Waals surface area contributed by atoms with Crippen molar-refractivity contribution < 1.29 is 22.8 Å². The molecule has 5 nitrogen and oxygen atoms in total. The summed E-state index contributed by atoms with van der Waals surface area (Å²) in [6, 6.07) is 9.05. The number of halogens is 3. The molecule has 0 aliphatic rings. The van der Waals surface area contributed by atoms with Gasteiger partial charge in [-0.25, -0.2) is 4.39 Å². The van der Waals surface area contributed by atoms with E-state index < -0.39 is 23.0 Å². The average molecular weight is 312 g/mol. The zero-order valence-electron chi connectivity index (χ0n) is 11.1. The van der Waals surface area contributed by atoms with E-state index in [1.54, 1.807) is 6.07 Å². The van der Waals surface area contributed by atoms with Crippen LogP contribution < -0.4 is 10.1 Å². The highest BCUT2D eigenvalue weighted by molar-refractivity contribution is 5.61. The Bertz CT molecular complexity index is 680. The Labute approximate surface area is 123 Å². The average Bonchev–Trinajstić information content (AvgIpc) is 2.45. The second-order valence-corrected chi connectivity index (χ2v) is 4.30. The van der Waals surface area contributed by atoms with Gasteiger partial charge in [0.15, 0.2) is 0 Å². The Morgan fingerprint density at radius 3 is 2.68 bits per heavy atom. The predicted octanol–water partition coefficient (Wildman–Crippen LogP) is 3.95.